The molecule has 2 aromatic rings. The van der Waals surface area contributed by atoms with Crippen LogP contribution < -0.4 is 0 Å². The summed E-state index contributed by atoms with van der Waals surface area (Å²) in [6.07, 6.45) is 1.64. The number of nitrogens with zero attached hydrogens (tertiary/aromatic N) is 1. The molecule has 0 saturated heterocycles. The molecule has 0 fully saturated rings. The van der Waals surface area contributed by atoms with Gasteiger partial charge in [-0.05, 0) is 30.2 Å². The molecular weight excluding hydrogens is 209 g/mol. The normalized spacial score (nSPS) is 10.4. The van der Waals surface area contributed by atoms with E-state index >= 15 is 0 Å². The van der Waals surface area contributed by atoms with Crippen LogP contribution in [-0.2, 0) is 16.2 Å². The number of halogens is 1. The molecule has 0 aliphatic carbocycles. The molecule has 0 atom stereocenters. The molecule has 0 amide bonds. The molecular formula is C12H10FNO2. The molecule has 0 aliphatic rings. The predicted octanol–water partition coefficient (Wildman–Crippen LogP) is 2.51. The molecule has 3 nitrogen and oxygen atoms in total. The quantitative estimate of drug-likeness (QED) is 0.779. The summed E-state index contributed by atoms with van der Waals surface area (Å²) in [5.74, 6) is -0.883. The fourth-order valence-corrected chi connectivity index (χ4v) is 1.72. The average Bonchev–Trinajstić information content (AvgIpc) is 2.33. The van der Waals surface area contributed by atoms with E-state index in [-0.39, 0.29) is 6.42 Å². The van der Waals surface area contributed by atoms with Crippen LogP contribution >= 0.6 is 0 Å². The highest BCUT2D eigenvalue weighted by Crippen LogP contribution is 2.20. The van der Waals surface area contributed by atoms with E-state index in [4.69, 9.17) is 0 Å². The molecule has 16 heavy (non-hydrogen) atoms. The molecule has 4 heteroatoms. The molecule has 0 aliphatic heterocycles. The van der Waals surface area contributed by atoms with Crippen molar-refractivity contribution in [1.82, 2.24) is 4.98 Å². The first-order valence-electron chi connectivity index (χ1n) is 4.87. The first kappa shape index (κ1) is 10.5. The molecule has 0 radical (unpaired) electrons. The van der Waals surface area contributed by atoms with Gasteiger partial charge in [0, 0.05) is 16.1 Å². The Morgan fingerprint density at radius 2 is 2.25 bits per heavy atom. The summed E-state index contributed by atoms with van der Waals surface area (Å²) in [6.45, 7) is 1.88. The summed E-state index contributed by atoms with van der Waals surface area (Å²) in [4.78, 5) is 18.2. The minimum Gasteiger partial charge on any atom is -0.256 e. The summed E-state index contributed by atoms with van der Waals surface area (Å²) in [5, 5.41) is 0.964. The maximum atomic E-state index is 11.7. The number of pyridine rings is 1. The zero-order chi connectivity index (χ0) is 11.5. The first-order chi connectivity index (χ1) is 7.72. The van der Waals surface area contributed by atoms with Crippen molar-refractivity contribution >= 4 is 16.9 Å². The third-order valence-electron chi connectivity index (χ3n) is 2.59. The minimum atomic E-state index is -0.883. The van der Waals surface area contributed by atoms with Crippen molar-refractivity contribution in [2.45, 2.75) is 13.3 Å². The van der Waals surface area contributed by atoms with Crippen LogP contribution in [0.4, 0.5) is 4.53 Å². The second-order valence-corrected chi connectivity index (χ2v) is 3.55. The Balaban J connectivity index is 2.48. The molecule has 2 rings (SSSR count). The zero-order valence-electron chi connectivity index (χ0n) is 8.74. The fourth-order valence-electron chi connectivity index (χ4n) is 1.72. The lowest BCUT2D eigenvalue weighted by atomic mass is 10.0. The number of carbonyl (C=O) groups is 1. The van der Waals surface area contributed by atoms with Crippen LogP contribution in [0.5, 0.6) is 0 Å². The average molecular weight is 219 g/mol. The number of aryl methyl sites for hydroxylation is 1. The van der Waals surface area contributed by atoms with Crippen molar-refractivity contribution < 1.29 is 14.3 Å². The summed E-state index contributed by atoms with van der Waals surface area (Å²) in [6, 6.07) is 7.32. The molecule has 0 spiro atoms. The number of hydrogen-bond donors (Lipinski definition) is 0. The summed E-state index contributed by atoms with van der Waals surface area (Å²) >= 11 is 0. The molecule has 82 valence electrons. The van der Waals surface area contributed by atoms with Gasteiger partial charge in [-0.3, -0.25) is 9.93 Å². The van der Waals surface area contributed by atoms with E-state index in [9.17, 15) is 9.32 Å². The molecule has 1 heterocycles. The lowest BCUT2D eigenvalue weighted by Gasteiger charge is -2.06. The SMILES string of the molecule is Cc1c(CC(=O)OF)ccc2ncccc12. The predicted molar refractivity (Wildman–Crippen MR) is 57.4 cm³/mol. The van der Waals surface area contributed by atoms with Gasteiger partial charge in [-0.1, -0.05) is 12.1 Å². The van der Waals surface area contributed by atoms with Crippen molar-refractivity contribution in [3.63, 3.8) is 0 Å². The second kappa shape index (κ2) is 4.26. The van der Waals surface area contributed by atoms with Gasteiger partial charge in [0.05, 0.1) is 11.9 Å². The maximum Gasteiger partial charge on any atom is 0.353 e. The van der Waals surface area contributed by atoms with E-state index in [2.05, 4.69) is 9.93 Å². The van der Waals surface area contributed by atoms with Crippen molar-refractivity contribution in [3.05, 3.63) is 41.6 Å². The number of rotatable bonds is 2. The Kier molecular flexibility index (Phi) is 2.81. The standard InChI is InChI=1S/C12H10FNO2/c1-8-9(7-12(15)16-13)4-5-11-10(8)3-2-6-14-11/h2-6H,7H2,1H3. The van der Waals surface area contributed by atoms with Gasteiger partial charge in [-0.15, -0.1) is 0 Å². The van der Waals surface area contributed by atoms with Gasteiger partial charge in [0.25, 0.3) is 0 Å². The first-order valence-corrected chi connectivity index (χ1v) is 4.87. The molecule has 1 aromatic heterocycles. The van der Waals surface area contributed by atoms with Gasteiger partial charge in [0.2, 0.25) is 0 Å². The van der Waals surface area contributed by atoms with E-state index in [1.54, 1.807) is 12.3 Å². The molecule has 0 saturated carbocycles. The van der Waals surface area contributed by atoms with Crippen LogP contribution in [0.15, 0.2) is 30.5 Å². The maximum absolute atomic E-state index is 11.7. The third kappa shape index (κ3) is 1.86. The van der Waals surface area contributed by atoms with Crippen LogP contribution in [0.25, 0.3) is 10.9 Å². The Labute approximate surface area is 91.8 Å². The highest BCUT2D eigenvalue weighted by molar-refractivity contribution is 5.84. The molecule has 1 aromatic carbocycles. The van der Waals surface area contributed by atoms with Gasteiger partial charge >= 0.3 is 5.97 Å². The van der Waals surface area contributed by atoms with E-state index < -0.39 is 5.97 Å². The number of hydrogen-bond acceptors (Lipinski definition) is 3. The Bertz CT molecular complexity index is 540. The Hall–Kier alpha value is -1.97. The van der Waals surface area contributed by atoms with Gasteiger partial charge in [-0.25, -0.2) is 4.79 Å². The Morgan fingerprint density at radius 3 is 3.00 bits per heavy atom. The number of fused-ring (bicyclic) bond motifs is 1. The van der Waals surface area contributed by atoms with Crippen LogP contribution in [0.3, 0.4) is 0 Å². The van der Waals surface area contributed by atoms with E-state index in [1.165, 1.54) is 0 Å². The number of carbonyl (C=O) groups excluding carboxylic acids is 1. The van der Waals surface area contributed by atoms with E-state index in [1.807, 2.05) is 25.1 Å². The monoisotopic (exact) mass is 219 g/mol. The highest BCUT2D eigenvalue weighted by Gasteiger charge is 2.09. The van der Waals surface area contributed by atoms with Crippen LogP contribution in [0, 0.1) is 6.92 Å². The second-order valence-electron chi connectivity index (χ2n) is 3.55. The van der Waals surface area contributed by atoms with Gasteiger partial charge in [0.1, 0.15) is 0 Å². The lowest BCUT2D eigenvalue weighted by Crippen LogP contribution is -2.04. The minimum absolute atomic E-state index is 0.0623. The van der Waals surface area contributed by atoms with E-state index in [0.717, 1.165) is 22.0 Å². The van der Waals surface area contributed by atoms with E-state index in [0.29, 0.717) is 0 Å². The van der Waals surface area contributed by atoms with Gasteiger partial charge < -0.3 is 0 Å². The molecule has 0 bridgehead atoms. The molecule has 0 unspecified atom stereocenters. The summed E-state index contributed by atoms with van der Waals surface area (Å²) in [5.41, 5.74) is 2.54. The van der Waals surface area contributed by atoms with Gasteiger partial charge in [-0.2, -0.15) is 0 Å². The molecule has 0 N–H and O–H groups in total. The van der Waals surface area contributed by atoms with Gasteiger partial charge in [0.15, 0.2) is 0 Å². The third-order valence-corrected chi connectivity index (χ3v) is 2.59. The highest BCUT2D eigenvalue weighted by atomic mass is 19.3. The van der Waals surface area contributed by atoms with Crippen LogP contribution in [0.2, 0.25) is 0 Å². The topological polar surface area (TPSA) is 39.2 Å². The van der Waals surface area contributed by atoms with Crippen LogP contribution in [0.1, 0.15) is 11.1 Å². The van der Waals surface area contributed by atoms with Crippen molar-refractivity contribution in [3.8, 4) is 0 Å². The smallest absolute Gasteiger partial charge is 0.256 e. The largest absolute Gasteiger partial charge is 0.353 e. The number of aromatic nitrogens is 1. The Morgan fingerprint density at radius 1 is 1.44 bits per heavy atom. The van der Waals surface area contributed by atoms with Crippen LogP contribution in [-0.4, -0.2) is 11.0 Å². The van der Waals surface area contributed by atoms with Crippen molar-refractivity contribution in [2.24, 2.45) is 0 Å². The number of benzene rings is 1. The lowest BCUT2D eigenvalue weighted by molar-refractivity contribution is -0.182. The van der Waals surface area contributed by atoms with Crippen molar-refractivity contribution in [2.75, 3.05) is 0 Å². The summed E-state index contributed by atoms with van der Waals surface area (Å²) < 4.78 is 11.7. The van der Waals surface area contributed by atoms with Crippen molar-refractivity contribution in [1.29, 1.82) is 0 Å². The summed E-state index contributed by atoms with van der Waals surface area (Å²) in [7, 11) is 0. The zero-order valence-corrected chi connectivity index (χ0v) is 8.74. The fraction of sp³-hybridized carbons (Fsp3) is 0.167.